The largest absolute Gasteiger partial charge is 0.496 e. The molecule has 5 nitrogen and oxygen atoms in total. The molecule has 0 aromatic heterocycles. The normalized spacial score (nSPS) is 10.6. The first-order valence-electron chi connectivity index (χ1n) is 6.22. The van der Waals surface area contributed by atoms with Crippen molar-refractivity contribution in [3.8, 4) is 5.75 Å². The van der Waals surface area contributed by atoms with E-state index in [0.29, 0.717) is 11.3 Å². The molecule has 108 valence electrons. The number of hydrazine groups is 1. The van der Waals surface area contributed by atoms with Crippen molar-refractivity contribution in [3.05, 3.63) is 42.5 Å². The fourth-order valence-corrected chi connectivity index (χ4v) is 1.62. The van der Waals surface area contributed by atoms with Crippen molar-refractivity contribution in [1.82, 2.24) is 10.4 Å². The van der Waals surface area contributed by atoms with Gasteiger partial charge in [-0.3, -0.25) is 15.0 Å². The van der Waals surface area contributed by atoms with Crippen LogP contribution < -0.4 is 10.2 Å². The van der Waals surface area contributed by atoms with Crippen molar-refractivity contribution in [3.63, 3.8) is 0 Å². The van der Waals surface area contributed by atoms with E-state index in [1.807, 2.05) is 20.8 Å². The third-order valence-electron chi connectivity index (χ3n) is 2.62. The van der Waals surface area contributed by atoms with Crippen LogP contribution in [0.1, 0.15) is 31.1 Å². The Balaban J connectivity index is 3.17. The van der Waals surface area contributed by atoms with Crippen molar-refractivity contribution in [2.24, 2.45) is 0 Å². The Morgan fingerprint density at radius 1 is 1.30 bits per heavy atom. The molecule has 2 amide bonds. The van der Waals surface area contributed by atoms with Crippen molar-refractivity contribution in [2.75, 3.05) is 7.11 Å². The summed E-state index contributed by atoms with van der Waals surface area (Å²) >= 11 is 0. The number of hydrogen-bond donors (Lipinski definition) is 1. The van der Waals surface area contributed by atoms with E-state index in [1.165, 1.54) is 12.1 Å². The molecule has 0 unspecified atom stereocenters. The Bertz CT molecular complexity index is 518. The van der Waals surface area contributed by atoms with E-state index in [9.17, 15) is 9.59 Å². The molecular formula is C15H20N2O3. The number of amides is 2. The molecule has 0 heterocycles. The molecule has 1 aromatic rings. The van der Waals surface area contributed by atoms with Gasteiger partial charge in [0, 0.05) is 0 Å². The molecule has 0 aliphatic rings. The number of carbonyl (C=O) groups excluding carboxylic acids is 2. The van der Waals surface area contributed by atoms with Crippen LogP contribution in [0, 0.1) is 0 Å². The maximum Gasteiger partial charge on any atom is 0.276 e. The molecular weight excluding hydrogens is 256 g/mol. The van der Waals surface area contributed by atoms with E-state index in [-0.39, 0.29) is 5.91 Å². The lowest BCUT2D eigenvalue weighted by molar-refractivity contribution is -0.122. The average Bonchev–Trinajstić information content (AvgIpc) is 2.42. The van der Waals surface area contributed by atoms with Gasteiger partial charge in [0.05, 0.1) is 18.2 Å². The van der Waals surface area contributed by atoms with Gasteiger partial charge in [0.2, 0.25) is 0 Å². The van der Waals surface area contributed by atoms with Crippen molar-refractivity contribution >= 4 is 11.8 Å². The second kappa shape index (κ2) is 6.23. The lowest BCUT2D eigenvalue weighted by Crippen LogP contribution is -2.55. The lowest BCUT2D eigenvalue weighted by Gasteiger charge is -2.35. The predicted octanol–water partition coefficient (Wildman–Crippen LogP) is 2.15. The SMILES string of the molecule is C=CC(=O)NN(C(=O)c1ccccc1OC)C(C)(C)C. The maximum atomic E-state index is 12.6. The summed E-state index contributed by atoms with van der Waals surface area (Å²) in [4.78, 5) is 24.1. The highest BCUT2D eigenvalue weighted by atomic mass is 16.5. The number of benzene rings is 1. The van der Waals surface area contributed by atoms with Gasteiger partial charge in [0.15, 0.2) is 0 Å². The lowest BCUT2D eigenvalue weighted by atomic mass is 10.1. The monoisotopic (exact) mass is 276 g/mol. The number of nitrogens with one attached hydrogen (secondary N) is 1. The average molecular weight is 276 g/mol. The van der Waals surface area contributed by atoms with E-state index in [4.69, 9.17) is 4.74 Å². The summed E-state index contributed by atoms with van der Waals surface area (Å²) < 4.78 is 5.18. The first kappa shape index (κ1) is 15.8. The second-order valence-corrected chi connectivity index (χ2v) is 5.19. The van der Waals surface area contributed by atoms with Gasteiger partial charge < -0.3 is 4.74 Å². The summed E-state index contributed by atoms with van der Waals surface area (Å²) in [6.45, 7) is 8.86. The fourth-order valence-electron chi connectivity index (χ4n) is 1.62. The molecule has 0 saturated carbocycles. The van der Waals surface area contributed by atoms with Gasteiger partial charge in [-0.15, -0.1) is 0 Å². The summed E-state index contributed by atoms with van der Waals surface area (Å²) in [6, 6.07) is 6.87. The molecule has 0 saturated heterocycles. The summed E-state index contributed by atoms with van der Waals surface area (Å²) in [5.41, 5.74) is 2.32. The zero-order valence-electron chi connectivity index (χ0n) is 12.3. The van der Waals surface area contributed by atoms with Crippen molar-refractivity contribution in [2.45, 2.75) is 26.3 Å². The van der Waals surface area contributed by atoms with Crippen LogP contribution in [0.15, 0.2) is 36.9 Å². The minimum atomic E-state index is -0.587. The Labute approximate surface area is 119 Å². The number of para-hydroxylation sites is 1. The summed E-state index contributed by atoms with van der Waals surface area (Å²) in [6.07, 6.45) is 1.12. The molecule has 0 fully saturated rings. The molecule has 0 atom stereocenters. The molecule has 0 spiro atoms. The molecule has 1 N–H and O–H groups in total. The van der Waals surface area contributed by atoms with Gasteiger partial charge in [0.25, 0.3) is 11.8 Å². The number of methoxy groups -OCH3 is 1. The third-order valence-corrected chi connectivity index (χ3v) is 2.62. The molecule has 0 aliphatic carbocycles. The van der Waals surface area contributed by atoms with Crippen molar-refractivity contribution in [1.29, 1.82) is 0 Å². The first-order valence-corrected chi connectivity index (χ1v) is 6.22. The van der Waals surface area contributed by atoms with E-state index in [2.05, 4.69) is 12.0 Å². The molecule has 1 rings (SSSR count). The molecule has 1 aromatic carbocycles. The molecule has 0 aliphatic heterocycles. The molecule has 20 heavy (non-hydrogen) atoms. The van der Waals surface area contributed by atoms with E-state index >= 15 is 0 Å². The van der Waals surface area contributed by atoms with Crippen LogP contribution in [0.4, 0.5) is 0 Å². The minimum absolute atomic E-state index is 0.342. The van der Waals surface area contributed by atoms with Crippen LogP contribution in [0.2, 0.25) is 0 Å². The van der Waals surface area contributed by atoms with Crippen LogP contribution in [-0.4, -0.2) is 29.5 Å². The third kappa shape index (κ3) is 3.60. The number of hydrogen-bond acceptors (Lipinski definition) is 3. The number of ether oxygens (including phenoxy) is 1. The number of nitrogens with zero attached hydrogens (tertiary/aromatic N) is 1. The number of carbonyl (C=O) groups is 2. The van der Waals surface area contributed by atoms with E-state index in [0.717, 1.165) is 6.08 Å². The smallest absolute Gasteiger partial charge is 0.276 e. The van der Waals surface area contributed by atoms with Crippen LogP contribution in [0.3, 0.4) is 0 Å². The maximum absolute atomic E-state index is 12.6. The zero-order valence-corrected chi connectivity index (χ0v) is 12.3. The van der Waals surface area contributed by atoms with Gasteiger partial charge >= 0.3 is 0 Å². The Morgan fingerprint density at radius 2 is 1.90 bits per heavy atom. The second-order valence-electron chi connectivity index (χ2n) is 5.19. The Hall–Kier alpha value is -2.30. The number of rotatable bonds is 3. The highest BCUT2D eigenvalue weighted by Gasteiger charge is 2.30. The summed E-state index contributed by atoms with van der Waals surface area (Å²) in [7, 11) is 1.50. The Kier molecular flexibility index (Phi) is 4.91. The summed E-state index contributed by atoms with van der Waals surface area (Å²) in [5.74, 6) is -0.326. The van der Waals surface area contributed by atoms with Crippen LogP contribution in [0.25, 0.3) is 0 Å². The Morgan fingerprint density at radius 3 is 2.40 bits per heavy atom. The van der Waals surface area contributed by atoms with Crippen molar-refractivity contribution < 1.29 is 14.3 Å². The van der Waals surface area contributed by atoms with Crippen LogP contribution >= 0.6 is 0 Å². The van der Waals surface area contributed by atoms with Crippen LogP contribution in [0.5, 0.6) is 5.75 Å². The van der Waals surface area contributed by atoms with Crippen LogP contribution in [-0.2, 0) is 4.79 Å². The highest BCUT2D eigenvalue weighted by molar-refractivity contribution is 5.99. The topological polar surface area (TPSA) is 58.6 Å². The zero-order chi connectivity index (χ0) is 15.3. The molecule has 0 radical (unpaired) electrons. The minimum Gasteiger partial charge on any atom is -0.496 e. The van der Waals surface area contributed by atoms with Gasteiger partial charge in [-0.25, -0.2) is 5.01 Å². The quantitative estimate of drug-likeness (QED) is 0.680. The van der Waals surface area contributed by atoms with Gasteiger partial charge in [0.1, 0.15) is 5.75 Å². The van der Waals surface area contributed by atoms with E-state index < -0.39 is 11.4 Å². The summed E-state index contributed by atoms with van der Waals surface area (Å²) in [5, 5.41) is 1.27. The van der Waals surface area contributed by atoms with E-state index in [1.54, 1.807) is 24.3 Å². The predicted molar refractivity (Wildman–Crippen MR) is 77.3 cm³/mol. The highest BCUT2D eigenvalue weighted by Crippen LogP contribution is 2.22. The molecule has 5 heteroatoms. The standard InChI is InChI=1S/C15H20N2O3/c1-6-13(18)16-17(15(2,3)4)14(19)11-9-7-8-10-12(11)20-5/h6-10H,1H2,2-5H3,(H,16,18). The van der Waals surface area contributed by atoms with Gasteiger partial charge in [-0.2, -0.15) is 0 Å². The van der Waals surface area contributed by atoms with Gasteiger partial charge in [-0.05, 0) is 39.0 Å². The fraction of sp³-hybridized carbons (Fsp3) is 0.333. The van der Waals surface area contributed by atoms with Gasteiger partial charge in [-0.1, -0.05) is 18.7 Å². The first-order chi connectivity index (χ1) is 9.31. The molecule has 0 bridgehead atoms.